The zero-order valence-corrected chi connectivity index (χ0v) is 30.9. The number of benzene rings is 4. The first-order valence-electron chi connectivity index (χ1n) is 15.7. The van der Waals surface area contributed by atoms with Gasteiger partial charge in [0.05, 0.1) is 31.5 Å². The molecule has 0 atom stereocenters. The number of carbonyl (C=O) groups excluding carboxylic acids is 2. The van der Waals surface area contributed by atoms with Crippen molar-refractivity contribution in [3.8, 4) is 22.3 Å². The highest BCUT2D eigenvalue weighted by atomic mass is 79.9. The number of hydrogen-bond acceptors (Lipinski definition) is 6. The summed E-state index contributed by atoms with van der Waals surface area (Å²) in [7, 11) is 0. The molecule has 0 spiro atoms. The summed E-state index contributed by atoms with van der Waals surface area (Å²) in [5.41, 5.74) is 8.36. The highest BCUT2D eigenvalue weighted by Crippen LogP contribution is 2.37. The van der Waals surface area contributed by atoms with E-state index in [1.165, 1.54) is 22.7 Å². The van der Waals surface area contributed by atoms with Gasteiger partial charge in [-0.1, -0.05) is 63.4 Å². The number of alkyl halides is 1. The molecule has 1 aliphatic heterocycles. The van der Waals surface area contributed by atoms with Gasteiger partial charge in [-0.3, -0.25) is 9.59 Å². The minimum atomic E-state index is -0.324. The van der Waals surface area contributed by atoms with Crippen LogP contribution in [0.5, 0.6) is 0 Å². The number of hydrogen-bond donors (Lipinski definition) is 0. The zero-order chi connectivity index (χ0) is 34.5. The van der Waals surface area contributed by atoms with E-state index < -0.39 is 0 Å². The number of amides is 1. The molecule has 1 saturated heterocycles. The first-order valence-corrected chi connectivity index (χ1v) is 19.3. The molecule has 3 heterocycles. The quantitative estimate of drug-likeness (QED) is 0.163. The van der Waals surface area contributed by atoms with Crippen LogP contribution in [0.4, 0.5) is 8.78 Å². The van der Waals surface area contributed by atoms with E-state index in [1.54, 1.807) is 46.3 Å². The van der Waals surface area contributed by atoms with Gasteiger partial charge < -0.3 is 4.90 Å². The van der Waals surface area contributed by atoms with Crippen LogP contribution in [0.15, 0.2) is 71.7 Å². The van der Waals surface area contributed by atoms with Crippen molar-refractivity contribution >= 4 is 93.9 Å². The van der Waals surface area contributed by atoms with Crippen molar-refractivity contribution in [2.45, 2.75) is 50.4 Å². The predicted molar refractivity (Wildman–Crippen MR) is 201 cm³/mol. The Hall–Kier alpha value is -3.28. The van der Waals surface area contributed by atoms with Gasteiger partial charge >= 0.3 is 0 Å². The Morgan fingerprint density at radius 2 is 1.27 bits per heavy atom. The summed E-state index contributed by atoms with van der Waals surface area (Å²) >= 11 is 18.4. The molecule has 2 fully saturated rings. The van der Waals surface area contributed by atoms with Crippen molar-refractivity contribution in [2.24, 2.45) is 0 Å². The molecule has 5 nitrogen and oxygen atoms in total. The van der Waals surface area contributed by atoms with E-state index in [-0.39, 0.29) is 17.5 Å². The molecule has 12 heteroatoms. The number of aromatic nitrogens is 2. The van der Waals surface area contributed by atoms with Crippen LogP contribution in [0.2, 0.25) is 10.0 Å². The van der Waals surface area contributed by atoms with Gasteiger partial charge in [-0.15, -0.1) is 22.7 Å². The Morgan fingerprint density at radius 1 is 0.735 bits per heavy atom. The highest BCUT2D eigenvalue weighted by molar-refractivity contribution is 9.08. The Balaban J connectivity index is 0.000000148. The van der Waals surface area contributed by atoms with Crippen LogP contribution < -0.4 is 0 Å². The van der Waals surface area contributed by atoms with Crippen LogP contribution in [-0.2, 0) is 21.5 Å². The maximum atomic E-state index is 15.3. The van der Waals surface area contributed by atoms with E-state index in [0.29, 0.717) is 79.5 Å². The highest BCUT2D eigenvalue weighted by Gasteiger charge is 2.24. The van der Waals surface area contributed by atoms with Gasteiger partial charge in [0, 0.05) is 70.0 Å². The molecule has 1 amide bonds. The number of nitrogens with zero attached hydrogens (tertiary/aromatic N) is 3. The van der Waals surface area contributed by atoms with E-state index in [0.717, 1.165) is 47.1 Å². The Bertz CT molecular complexity index is 2150. The number of rotatable bonds is 5. The molecule has 0 N–H and O–H groups in total. The minimum absolute atomic E-state index is 0.0862. The van der Waals surface area contributed by atoms with Crippen molar-refractivity contribution in [1.29, 1.82) is 0 Å². The van der Waals surface area contributed by atoms with Crippen molar-refractivity contribution in [2.75, 3.05) is 6.54 Å². The van der Waals surface area contributed by atoms with E-state index >= 15 is 4.39 Å². The molecule has 8 rings (SSSR count). The molecule has 2 aliphatic rings. The number of Topliss-reactive ketones (excluding diaryl/α,β-unsaturated/α-hetero) is 1. The van der Waals surface area contributed by atoms with Crippen LogP contribution >= 0.6 is 61.8 Å². The smallest absolute Gasteiger partial charge is 0.222 e. The number of carbonyl (C=O) groups is 2. The third-order valence-corrected chi connectivity index (χ3v) is 11.0. The summed E-state index contributed by atoms with van der Waals surface area (Å²) in [6.07, 6.45) is 5.35. The number of likely N-dealkylation sites (tertiary alicyclic amines) is 1. The summed E-state index contributed by atoms with van der Waals surface area (Å²) < 4.78 is 31.7. The molecule has 0 unspecified atom stereocenters. The Labute approximate surface area is 309 Å². The fraction of sp³-hybridized carbons (Fsp3) is 0.243. The summed E-state index contributed by atoms with van der Waals surface area (Å²) in [6, 6.07) is 18.0. The third kappa shape index (κ3) is 8.21. The second kappa shape index (κ2) is 16.2. The van der Waals surface area contributed by atoms with Gasteiger partial charge in [-0.05, 0) is 66.8 Å². The maximum Gasteiger partial charge on any atom is 0.222 e. The average Bonchev–Trinajstić information content (AvgIpc) is 3.92. The summed E-state index contributed by atoms with van der Waals surface area (Å²) in [5, 5.41) is 1.61. The average molecular weight is 802 g/mol. The molecule has 6 aromatic rings. The van der Waals surface area contributed by atoms with Crippen molar-refractivity contribution in [3.63, 3.8) is 0 Å². The van der Waals surface area contributed by atoms with Gasteiger partial charge in [-0.25, -0.2) is 18.7 Å². The van der Waals surface area contributed by atoms with E-state index in [4.69, 9.17) is 23.2 Å². The standard InChI is InChI=1S/C18H14ClFN2OS.C14H8BrClFNS.C5H8O/c19-13-4-1-3-11(7-13)16-17(20)12(8-14-18(16)21-10-24-14)9-22-6-2-5-15(22)23;15-6-9-5-11-14(18-7-19-11)12(13(9)17)8-2-1-3-10(16)4-8;6-5-3-1-2-4-5/h1,3-4,7-8,10H,2,5-6,9H2;1-5,7H,6H2;1-4H2. The molecule has 252 valence electrons. The van der Waals surface area contributed by atoms with Gasteiger partial charge in [-0.2, -0.15) is 0 Å². The molecule has 4 aromatic carbocycles. The molecule has 0 bridgehead atoms. The first kappa shape index (κ1) is 35.5. The lowest BCUT2D eigenvalue weighted by Crippen LogP contribution is -2.24. The van der Waals surface area contributed by atoms with E-state index in [2.05, 4.69) is 25.9 Å². The van der Waals surface area contributed by atoms with Gasteiger partial charge in [0.25, 0.3) is 0 Å². The number of thiazole rings is 2. The lowest BCUT2D eigenvalue weighted by atomic mass is 10.0. The number of ketones is 1. The van der Waals surface area contributed by atoms with E-state index in [9.17, 15) is 14.0 Å². The van der Waals surface area contributed by atoms with E-state index in [1.807, 2.05) is 30.3 Å². The molecular weight excluding hydrogens is 771 g/mol. The molecular formula is C37H30BrCl2F2N3O2S2. The lowest BCUT2D eigenvalue weighted by molar-refractivity contribution is -0.128. The fourth-order valence-corrected chi connectivity index (χ4v) is 8.22. The molecule has 1 saturated carbocycles. The second-order valence-electron chi connectivity index (χ2n) is 11.7. The SMILES string of the molecule is Fc1c(CBr)cc2scnc2c1-c1cccc(Cl)c1.O=C1CCCC1.O=C1CCCN1Cc1cc2scnc2c(-c2cccc(Cl)c2)c1F. The monoisotopic (exact) mass is 799 g/mol. The molecule has 2 aromatic heterocycles. The number of fused-ring (bicyclic) bond motifs is 2. The third-order valence-electron chi connectivity index (χ3n) is 8.34. The largest absolute Gasteiger partial charge is 0.338 e. The Morgan fingerprint density at radius 3 is 1.71 bits per heavy atom. The van der Waals surface area contributed by atoms with Crippen molar-refractivity contribution < 1.29 is 18.4 Å². The fourth-order valence-electron chi connectivity index (χ4n) is 5.94. The topological polar surface area (TPSA) is 63.2 Å². The minimum Gasteiger partial charge on any atom is -0.338 e. The van der Waals surface area contributed by atoms with Crippen LogP contribution in [0.25, 0.3) is 42.7 Å². The molecule has 1 aliphatic carbocycles. The van der Waals surface area contributed by atoms with Crippen LogP contribution in [-0.4, -0.2) is 33.1 Å². The van der Waals surface area contributed by atoms with Crippen LogP contribution in [0.3, 0.4) is 0 Å². The summed E-state index contributed by atoms with van der Waals surface area (Å²) in [6.45, 7) is 0.984. The van der Waals surface area contributed by atoms with Crippen molar-refractivity contribution in [3.05, 3.63) is 104 Å². The lowest BCUT2D eigenvalue weighted by Gasteiger charge is -2.17. The molecule has 0 radical (unpaired) electrons. The first-order chi connectivity index (χ1) is 23.7. The summed E-state index contributed by atoms with van der Waals surface area (Å²) in [5.74, 6) is -0.0222. The van der Waals surface area contributed by atoms with Crippen molar-refractivity contribution in [1.82, 2.24) is 14.9 Å². The second-order valence-corrected chi connectivity index (χ2v) is 14.9. The Kier molecular flexibility index (Phi) is 11.7. The number of halogens is 5. The molecule has 49 heavy (non-hydrogen) atoms. The maximum absolute atomic E-state index is 15.3. The van der Waals surface area contributed by atoms with Crippen LogP contribution in [0.1, 0.15) is 49.7 Å². The van der Waals surface area contributed by atoms with Gasteiger partial charge in [0.15, 0.2) is 0 Å². The normalized spacial score (nSPS) is 14.3. The summed E-state index contributed by atoms with van der Waals surface area (Å²) in [4.78, 5) is 32.4. The zero-order valence-electron chi connectivity index (χ0n) is 26.2. The van der Waals surface area contributed by atoms with Gasteiger partial charge in [0.1, 0.15) is 17.4 Å². The van der Waals surface area contributed by atoms with Gasteiger partial charge in [0.2, 0.25) is 5.91 Å². The van der Waals surface area contributed by atoms with Crippen LogP contribution in [0, 0.1) is 11.6 Å². The predicted octanol–water partition coefficient (Wildman–Crippen LogP) is 11.7.